The van der Waals surface area contributed by atoms with Gasteiger partial charge in [-0.05, 0) is 30.9 Å². The van der Waals surface area contributed by atoms with Crippen LogP contribution in [0.25, 0.3) is 0 Å². The highest BCUT2D eigenvalue weighted by molar-refractivity contribution is 5.21. The first-order valence-corrected chi connectivity index (χ1v) is 6.47. The summed E-state index contributed by atoms with van der Waals surface area (Å²) >= 11 is 0. The summed E-state index contributed by atoms with van der Waals surface area (Å²) in [5.74, 6) is 0. The maximum atomic E-state index is 3.17. The molecule has 0 radical (unpaired) electrons. The summed E-state index contributed by atoms with van der Waals surface area (Å²) < 4.78 is 0. The van der Waals surface area contributed by atoms with Crippen LogP contribution >= 0.6 is 0 Å². The highest BCUT2D eigenvalue weighted by Crippen LogP contribution is 2.12. The Bertz CT molecular complexity index is 250. The molecule has 1 aromatic heterocycles. The molecule has 15 heavy (non-hydrogen) atoms. The first-order chi connectivity index (χ1) is 7.34. The molecule has 0 bridgehead atoms. The van der Waals surface area contributed by atoms with Crippen molar-refractivity contribution in [1.29, 1.82) is 0 Å². The van der Waals surface area contributed by atoms with Crippen molar-refractivity contribution in [3.63, 3.8) is 0 Å². The fourth-order valence-electron chi connectivity index (χ4n) is 2.02. The van der Waals surface area contributed by atoms with Gasteiger partial charge in [0.2, 0.25) is 0 Å². The van der Waals surface area contributed by atoms with Gasteiger partial charge in [0.15, 0.2) is 0 Å². The molecule has 1 heteroatoms. The number of aryl methyl sites for hydroxylation is 2. The van der Waals surface area contributed by atoms with E-state index in [9.17, 15) is 0 Å². The highest BCUT2D eigenvalue weighted by atomic mass is 14.6. The standard InChI is InChI=1S/C14H25N/c1-3-4-5-6-7-8-9-10-14-12-15-11-13(14)2/h11-12,15H,3-10H2,1-2H3. The molecule has 0 aromatic carbocycles. The van der Waals surface area contributed by atoms with E-state index in [0.717, 1.165) is 0 Å². The number of hydrogen-bond acceptors (Lipinski definition) is 0. The predicted octanol–water partition coefficient (Wildman–Crippen LogP) is 4.62. The second kappa shape index (κ2) is 7.56. The molecule has 1 heterocycles. The lowest BCUT2D eigenvalue weighted by Crippen LogP contribution is -1.86. The number of unbranched alkanes of at least 4 members (excludes halogenated alkanes) is 6. The molecule has 0 saturated heterocycles. The summed E-state index contributed by atoms with van der Waals surface area (Å²) in [5, 5.41) is 0. The molecule has 0 fully saturated rings. The van der Waals surface area contributed by atoms with Gasteiger partial charge in [-0.3, -0.25) is 0 Å². The van der Waals surface area contributed by atoms with Crippen LogP contribution in [-0.4, -0.2) is 4.98 Å². The molecule has 0 amide bonds. The molecule has 1 rings (SSSR count). The Kier molecular flexibility index (Phi) is 6.22. The molecule has 0 spiro atoms. The van der Waals surface area contributed by atoms with Crippen molar-refractivity contribution in [1.82, 2.24) is 4.98 Å². The molecule has 0 aliphatic rings. The van der Waals surface area contributed by atoms with Crippen LogP contribution in [0.3, 0.4) is 0 Å². The molecular weight excluding hydrogens is 182 g/mol. The Hall–Kier alpha value is -0.720. The van der Waals surface area contributed by atoms with E-state index < -0.39 is 0 Å². The SMILES string of the molecule is CCCCCCCCCc1c[nH]cc1C. The van der Waals surface area contributed by atoms with Crippen molar-refractivity contribution in [3.8, 4) is 0 Å². The Morgan fingerprint density at radius 1 is 0.933 bits per heavy atom. The van der Waals surface area contributed by atoms with Crippen LogP contribution in [0, 0.1) is 6.92 Å². The predicted molar refractivity (Wildman–Crippen MR) is 67.2 cm³/mol. The molecule has 0 aliphatic heterocycles. The second-order valence-corrected chi connectivity index (χ2v) is 4.53. The normalized spacial score (nSPS) is 10.8. The van der Waals surface area contributed by atoms with E-state index in [1.54, 1.807) is 0 Å². The molecule has 0 saturated carbocycles. The van der Waals surface area contributed by atoms with Gasteiger partial charge >= 0.3 is 0 Å². The summed E-state index contributed by atoms with van der Waals surface area (Å²) in [6.45, 7) is 4.46. The zero-order chi connectivity index (χ0) is 10.9. The average Bonchev–Trinajstić information content (AvgIpc) is 2.63. The summed E-state index contributed by atoms with van der Waals surface area (Å²) in [7, 11) is 0. The summed E-state index contributed by atoms with van der Waals surface area (Å²) in [6, 6.07) is 0. The van der Waals surface area contributed by atoms with Crippen molar-refractivity contribution >= 4 is 0 Å². The van der Waals surface area contributed by atoms with E-state index in [-0.39, 0.29) is 0 Å². The first-order valence-electron chi connectivity index (χ1n) is 6.47. The molecular formula is C14H25N. The Labute approximate surface area is 94.3 Å². The smallest absolute Gasteiger partial charge is 0.00400 e. The van der Waals surface area contributed by atoms with Crippen molar-refractivity contribution < 1.29 is 0 Å². The molecule has 0 aliphatic carbocycles. The minimum Gasteiger partial charge on any atom is -0.367 e. The van der Waals surface area contributed by atoms with Crippen molar-refractivity contribution in [3.05, 3.63) is 23.5 Å². The first kappa shape index (κ1) is 12.4. The average molecular weight is 207 g/mol. The number of rotatable bonds is 8. The molecule has 86 valence electrons. The lowest BCUT2D eigenvalue weighted by molar-refractivity contribution is 0.589. The van der Waals surface area contributed by atoms with Crippen LogP contribution in [0.15, 0.2) is 12.4 Å². The number of aromatic nitrogens is 1. The van der Waals surface area contributed by atoms with Gasteiger partial charge in [-0.25, -0.2) is 0 Å². The molecule has 1 N–H and O–H groups in total. The van der Waals surface area contributed by atoms with Crippen LogP contribution < -0.4 is 0 Å². The quantitative estimate of drug-likeness (QED) is 0.599. The number of aromatic amines is 1. The molecule has 0 atom stereocenters. The van der Waals surface area contributed by atoms with Gasteiger partial charge in [-0.2, -0.15) is 0 Å². The van der Waals surface area contributed by atoms with Gasteiger partial charge in [0, 0.05) is 12.4 Å². The van der Waals surface area contributed by atoms with E-state index in [4.69, 9.17) is 0 Å². The van der Waals surface area contributed by atoms with Crippen LogP contribution in [0.4, 0.5) is 0 Å². The van der Waals surface area contributed by atoms with Gasteiger partial charge in [-0.15, -0.1) is 0 Å². The zero-order valence-corrected chi connectivity index (χ0v) is 10.3. The Morgan fingerprint density at radius 3 is 2.20 bits per heavy atom. The molecule has 1 nitrogen and oxygen atoms in total. The Morgan fingerprint density at radius 2 is 1.60 bits per heavy atom. The van der Waals surface area contributed by atoms with Gasteiger partial charge in [0.1, 0.15) is 0 Å². The van der Waals surface area contributed by atoms with E-state index in [1.807, 2.05) is 0 Å². The van der Waals surface area contributed by atoms with E-state index in [1.165, 1.54) is 62.5 Å². The topological polar surface area (TPSA) is 15.8 Å². The monoisotopic (exact) mass is 207 g/mol. The number of nitrogens with one attached hydrogen (secondary N) is 1. The highest BCUT2D eigenvalue weighted by Gasteiger charge is 1.98. The third kappa shape index (κ3) is 5.06. The van der Waals surface area contributed by atoms with Gasteiger partial charge in [-0.1, -0.05) is 45.4 Å². The third-order valence-corrected chi connectivity index (χ3v) is 3.11. The van der Waals surface area contributed by atoms with Crippen molar-refractivity contribution in [2.75, 3.05) is 0 Å². The van der Waals surface area contributed by atoms with E-state index >= 15 is 0 Å². The van der Waals surface area contributed by atoms with Crippen LogP contribution in [0.5, 0.6) is 0 Å². The third-order valence-electron chi connectivity index (χ3n) is 3.11. The fourth-order valence-corrected chi connectivity index (χ4v) is 2.02. The summed E-state index contributed by atoms with van der Waals surface area (Å²) in [6.07, 6.45) is 15.3. The van der Waals surface area contributed by atoms with Gasteiger partial charge in [0.25, 0.3) is 0 Å². The fraction of sp³-hybridized carbons (Fsp3) is 0.714. The summed E-state index contributed by atoms with van der Waals surface area (Å²) in [4.78, 5) is 3.17. The number of hydrogen-bond donors (Lipinski definition) is 1. The minimum absolute atomic E-state index is 1.25. The molecule has 0 unspecified atom stereocenters. The lowest BCUT2D eigenvalue weighted by atomic mass is 10.0. The maximum absolute atomic E-state index is 3.17. The zero-order valence-electron chi connectivity index (χ0n) is 10.3. The maximum Gasteiger partial charge on any atom is 0.00400 e. The second-order valence-electron chi connectivity index (χ2n) is 4.53. The van der Waals surface area contributed by atoms with E-state index in [2.05, 4.69) is 31.2 Å². The summed E-state index contributed by atoms with van der Waals surface area (Å²) in [5.41, 5.74) is 2.92. The number of H-pyrrole nitrogens is 1. The van der Waals surface area contributed by atoms with Crippen LogP contribution in [-0.2, 0) is 6.42 Å². The molecule has 1 aromatic rings. The Balaban J connectivity index is 1.96. The van der Waals surface area contributed by atoms with Crippen molar-refractivity contribution in [2.24, 2.45) is 0 Å². The van der Waals surface area contributed by atoms with E-state index in [0.29, 0.717) is 0 Å². The lowest BCUT2D eigenvalue weighted by Gasteiger charge is -2.01. The minimum atomic E-state index is 1.25. The van der Waals surface area contributed by atoms with Gasteiger partial charge in [0.05, 0.1) is 0 Å². The van der Waals surface area contributed by atoms with Crippen LogP contribution in [0.2, 0.25) is 0 Å². The van der Waals surface area contributed by atoms with Crippen LogP contribution in [0.1, 0.15) is 63.0 Å². The van der Waals surface area contributed by atoms with Gasteiger partial charge < -0.3 is 4.98 Å². The van der Waals surface area contributed by atoms with Crippen molar-refractivity contribution in [2.45, 2.75) is 65.2 Å². The largest absolute Gasteiger partial charge is 0.367 e.